The highest BCUT2D eigenvalue weighted by atomic mass is 32.2. The molecule has 0 aliphatic rings. The van der Waals surface area contributed by atoms with Gasteiger partial charge in [-0.3, -0.25) is 10.1 Å². The van der Waals surface area contributed by atoms with Crippen LogP contribution in [-0.2, 0) is 0 Å². The van der Waals surface area contributed by atoms with Gasteiger partial charge in [0.2, 0.25) is 0 Å². The Labute approximate surface area is 138 Å². The summed E-state index contributed by atoms with van der Waals surface area (Å²) in [5, 5.41) is 23.9. The van der Waals surface area contributed by atoms with Crippen LogP contribution in [0.1, 0.15) is 26.3 Å². The fraction of sp³-hybridized carbons (Fsp3) is 0.250. The summed E-state index contributed by atoms with van der Waals surface area (Å²) in [6.07, 6.45) is 3.06. The lowest BCUT2D eigenvalue weighted by Crippen LogP contribution is -2.29. The van der Waals surface area contributed by atoms with Crippen LogP contribution in [0.4, 0.5) is 5.69 Å². The maximum atomic E-state index is 12.2. The van der Waals surface area contributed by atoms with Gasteiger partial charge in [0.05, 0.1) is 10.5 Å². The molecule has 0 aliphatic carbocycles. The van der Waals surface area contributed by atoms with Crippen LogP contribution in [0.25, 0.3) is 0 Å². The van der Waals surface area contributed by atoms with Gasteiger partial charge in [0, 0.05) is 44.0 Å². The monoisotopic (exact) mass is 331 g/mol. The summed E-state index contributed by atoms with van der Waals surface area (Å²) >= 11 is 1.36. The van der Waals surface area contributed by atoms with Gasteiger partial charge in [0.15, 0.2) is 11.8 Å². The van der Waals surface area contributed by atoms with Crippen LogP contribution in [0.3, 0.4) is 0 Å². The molecular formula is C16H17N3O3S. The van der Waals surface area contributed by atoms with Crippen molar-refractivity contribution in [1.82, 2.24) is 4.98 Å². The number of nitro benzene ring substituents is 1. The molecule has 0 atom stereocenters. The maximum absolute atomic E-state index is 12.2. The molecule has 120 valence electrons. The Hall–Kier alpha value is -2.41. The Bertz CT molecular complexity index is 740. The molecule has 0 saturated heterocycles. The average molecular weight is 331 g/mol. The second-order valence-corrected chi connectivity index (χ2v) is 6.94. The Kier molecular flexibility index (Phi) is 5.00. The number of non-ortho nitro benzene ring substituents is 1. The van der Waals surface area contributed by atoms with Crippen LogP contribution >= 0.6 is 11.8 Å². The van der Waals surface area contributed by atoms with E-state index in [-0.39, 0.29) is 5.69 Å². The van der Waals surface area contributed by atoms with Gasteiger partial charge in [0.1, 0.15) is 5.03 Å². The molecule has 0 spiro atoms. The number of hydrogen-bond acceptors (Lipinski definition) is 5. The molecular weight excluding hydrogens is 314 g/mol. The van der Waals surface area contributed by atoms with Crippen LogP contribution in [-0.4, -0.2) is 26.4 Å². The molecule has 1 heterocycles. The first-order valence-electron chi connectivity index (χ1n) is 6.96. The molecule has 2 aromatic rings. The summed E-state index contributed by atoms with van der Waals surface area (Å²) in [4.78, 5) is 15.5. The molecule has 0 bridgehead atoms. The molecule has 0 radical (unpaired) electrons. The Morgan fingerprint density at radius 2 is 1.91 bits per heavy atom. The SMILES string of the molecule is CC(C)(C)[N+]([O-])=Cc1cc([N+](=O)[O-])ccc1Sc1ccccn1. The summed E-state index contributed by atoms with van der Waals surface area (Å²) in [5.74, 6) is 0. The molecule has 7 heteroatoms. The zero-order valence-corrected chi connectivity index (χ0v) is 13.9. The van der Waals surface area contributed by atoms with Gasteiger partial charge in [-0.2, -0.15) is 0 Å². The molecule has 1 aromatic carbocycles. The number of benzene rings is 1. The Morgan fingerprint density at radius 1 is 1.17 bits per heavy atom. The highest BCUT2D eigenvalue weighted by molar-refractivity contribution is 7.99. The van der Waals surface area contributed by atoms with Crippen molar-refractivity contribution in [1.29, 1.82) is 0 Å². The van der Waals surface area contributed by atoms with Crippen molar-refractivity contribution < 1.29 is 9.66 Å². The minimum Gasteiger partial charge on any atom is -0.623 e. The second kappa shape index (κ2) is 6.78. The molecule has 0 N–H and O–H groups in total. The van der Waals surface area contributed by atoms with Gasteiger partial charge in [0.25, 0.3) is 5.69 Å². The van der Waals surface area contributed by atoms with Gasteiger partial charge in [-0.25, -0.2) is 9.72 Å². The van der Waals surface area contributed by atoms with Crippen LogP contribution in [0, 0.1) is 15.3 Å². The number of pyridine rings is 1. The smallest absolute Gasteiger partial charge is 0.270 e. The van der Waals surface area contributed by atoms with E-state index in [4.69, 9.17) is 0 Å². The van der Waals surface area contributed by atoms with E-state index in [0.717, 1.165) is 14.7 Å². The van der Waals surface area contributed by atoms with Crippen molar-refractivity contribution in [3.63, 3.8) is 0 Å². The predicted octanol–water partition coefficient (Wildman–Crippen LogP) is 3.87. The number of nitrogens with zero attached hydrogens (tertiary/aromatic N) is 3. The third kappa shape index (κ3) is 4.53. The van der Waals surface area contributed by atoms with Gasteiger partial charge in [-0.05, 0) is 18.2 Å². The minimum atomic E-state index is -0.627. The van der Waals surface area contributed by atoms with Crippen molar-refractivity contribution in [2.24, 2.45) is 0 Å². The first kappa shape index (κ1) is 17.0. The van der Waals surface area contributed by atoms with E-state index in [1.54, 1.807) is 33.0 Å². The zero-order chi connectivity index (χ0) is 17.0. The van der Waals surface area contributed by atoms with E-state index in [0.29, 0.717) is 5.56 Å². The molecule has 23 heavy (non-hydrogen) atoms. The van der Waals surface area contributed by atoms with E-state index in [2.05, 4.69) is 4.98 Å². The van der Waals surface area contributed by atoms with Gasteiger partial charge in [-0.1, -0.05) is 17.8 Å². The Morgan fingerprint density at radius 3 is 2.48 bits per heavy atom. The highest BCUT2D eigenvalue weighted by Crippen LogP contribution is 2.30. The quantitative estimate of drug-likeness (QED) is 0.279. The van der Waals surface area contributed by atoms with Crippen LogP contribution in [0.15, 0.2) is 52.5 Å². The maximum Gasteiger partial charge on any atom is 0.270 e. The van der Waals surface area contributed by atoms with Crippen LogP contribution < -0.4 is 0 Å². The van der Waals surface area contributed by atoms with Crippen molar-refractivity contribution in [2.45, 2.75) is 36.2 Å². The first-order chi connectivity index (χ1) is 10.8. The molecule has 6 nitrogen and oxygen atoms in total. The lowest BCUT2D eigenvalue weighted by Gasteiger charge is -2.19. The molecule has 0 fully saturated rings. The number of aromatic nitrogens is 1. The molecule has 0 aliphatic heterocycles. The highest BCUT2D eigenvalue weighted by Gasteiger charge is 2.20. The van der Waals surface area contributed by atoms with Crippen LogP contribution in [0.2, 0.25) is 0 Å². The van der Waals surface area contributed by atoms with E-state index in [1.165, 1.54) is 30.1 Å². The summed E-state index contributed by atoms with van der Waals surface area (Å²) in [6, 6.07) is 9.98. The van der Waals surface area contributed by atoms with Crippen molar-refractivity contribution in [2.75, 3.05) is 0 Å². The van der Waals surface area contributed by atoms with Gasteiger partial charge < -0.3 is 5.21 Å². The standard InChI is InChI=1S/C16H17N3O3S/c1-16(2,3)18(20)11-12-10-13(19(21)22)7-8-14(12)23-15-6-4-5-9-17-15/h4-11H,1-3H3. The van der Waals surface area contributed by atoms with Crippen molar-refractivity contribution >= 4 is 23.7 Å². The summed E-state index contributed by atoms with van der Waals surface area (Å²) in [5.41, 5.74) is -0.180. The molecule has 2 rings (SSSR count). The fourth-order valence-corrected chi connectivity index (χ4v) is 2.53. The second-order valence-electron chi connectivity index (χ2n) is 5.87. The third-order valence-electron chi connectivity index (χ3n) is 2.97. The molecule has 0 amide bonds. The lowest BCUT2D eigenvalue weighted by molar-refractivity contribution is -0.530. The van der Waals surface area contributed by atoms with E-state index >= 15 is 0 Å². The first-order valence-corrected chi connectivity index (χ1v) is 7.78. The number of rotatable bonds is 4. The van der Waals surface area contributed by atoms with Crippen molar-refractivity contribution in [3.8, 4) is 0 Å². The van der Waals surface area contributed by atoms with Crippen LogP contribution in [0.5, 0.6) is 0 Å². The minimum absolute atomic E-state index is 0.0519. The summed E-state index contributed by atoms with van der Waals surface area (Å²) < 4.78 is 0.800. The van der Waals surface area contributed by atoms with Gasteiger partial charge in [-0.15, -0.1) is 0 Å². The summed E-state index contributed by atoms with van der Waals surface area (Å²) in [7, 11) is 0. The van der Waals surface area contributed by atoms with E-state index in [1.807, 2.05) is 18.2 Å². The number of hydroxylamine groups is 1. The average Bonchev–Trinajstić information content (AvgIpc) is 2.48. The van der Waals surface area contributed by atoms with Crippen molar-refractivity contribution in [3.05, 3.63) is 63.5 Å². The Balaban J connectivity index is 2.47. The topological polar surface area (TPSA) is 82.1 Å². The third-order valence-corrected chi connectivity index (χ3v) is 4.02. The van der Waals surface area contributed by atoms with E-state index < -0.39 is 10.5 Å². The molecule has 0 saturated carbocycles. The molecule has 0 unspecified atom stereocenters. The largest absolute Gasteiger partial charge is 0.623 e. The van der Waals surface area contributed by atoms with E-state index in [9.17, 15) is 15.3 Å². The predicted molar refractivity (Wildman–Crippen MR) is 90.0 cm³/mol. The fourth-order valence-electron chi connectivity index (χ4n) is 1.68. The van der Waals surface area contributed by atoms with Gasteiger partial charge >= 0.3 is 0 Å². The normalized spacial score (nSPS) is 12.2. The number of hydrogen-bond donors (Lipinski definition) is 0. The lowest BCUT2D eigenvalue weighted by atomic mass is 10.1. The molecule has 1 aromatic heterocycles. The zero-order valence-electron chi connectivity index (χ0n) is 13.1. The number of nitro groups is 1. The summed E-state index contributed by atoms with van der Waals surface area (Å²) in [6.45, 7) is 5.33.